The Morgan fingerprint density at radius 2 is 1.44 bits per heavy atom. The molecule has 0 saturated carbocycles. The number of benzene rings is 1. The van der Waals surface area contributed by atoms with Gasteiger partial charge in [-0.1, -0.05) is 12.1 Å². The van der Waals surface area contributed by atoms with E-state index in [1.165, 1.54) is 24.3 Å². The van der Waals surface area contributed by atoms with Crippen LogP contribution in [0.25, 0.3) is 0 Å². The van der Waals surface area contributed by atoms with Crippen molar-refractivity contribution in [3.8, 4) is 0 Å². The van der Waals surface area contributed by atoms with Crippen molar-refractivity contribution < 1.29 is 44.1 Å². The molecule has 25 heavy (non-hydrogen) atoms. The summed E-state index contributed by atoms with van der Waals surface area (Å²) in [6, 6.07) is 5.59. The molecule has 1 heterocycles. The number of carbonyl (C=O) groups excluding carboxylic acids is 2. The van der Waals surface area contributed by atoms with Gasteiger partial charge in [-0.15, -0.1) is 0 Å². The number of hydrogen-bond acceptors (Lipinski definition) is 5. The van der Waals surface area contributed by atoms with Gasteiger partial charge in [-0.05, 0) is 12.1 Å². The molecular formula is C13H10F5NO5S. The number of rotatable bonds is 6. The molecule has 0 aliphatic carbocycles. The van der Waals surface area contributed by atoms with Gasteiger partial charge in [0.25, 0.3) is 17.7 Å². The largest absolute Gasteiger partial charge is 0.523 e. The number of fused-ring (bicyclic) bond motifs is 1. The molecule has 1 aliphatic rings. The van der Waals surface area contributed by atoms with Crippen LogP contribution in [0, 0.1) is 0 Å². The maximum atomic E-state index is 13.6. The number of hydrogen-bond donors (Lipinski definition) is 0. The fourth-order valence-electron chi connectivity index (χ4n) is 2.02. The minimum absolute atomic E-state index is 0.0201. The monoisotopic (exact) mass is 387 g/mol. The van der Waals surface area contributed by atoms with Crippen molar-refractivity contribution >= 4 is 21.9 Å². The Bertz CT molecular complexity index is 770. The van der Waals surface area contributed by atoms with E-state index in [4.69, 9.17) is 0 Å². The molecule has 0 fully saturated rings. The second-order valence-electron chi connectivity index (χ2n) is 5.08. The third kappa shape index (κ3) is 3.95. The summed E-state index contributed by atoms with van der Waals surface area (Å²) in [5.41, 5.74) is -5.79. The van der Waals surface area contributed by atoms with Crippen molar-refractivity contribution in [2.75, 3.05) is 13.2 Å². The lowest BCUT2D eigenvalue weighted by atomic mass is 10.1. The zero-order valence-electron chi connectivity index (χ0n) is 12.2. The fraction of sp³-hybridized carbons (Fsp3) is 0.385. The van der Waals surface area contributed by atoms with Crippen molar-refractivity contribution in [1.29, 1.82) is 0 Å². The summed E-state index contributed by atoms with van der Waals surface area (Å²) in [6.07, 6.45) is -1.26. The van der Waals surface area contributed by atoms with Crippen LogP contribution in [0.1, 0.15) is 27.1 Å². The molecule has 12 heteroatoms. The van der Waals surface area contributed by atoms with Gasteiger partial charge in [0.05, 0.1) is 11.1 Å². The third-order valence-corrected chi connectivity index (χ3v) is 4.28. The molecule has 1 aliphatic heterocycles. The van der Waals surface area contributed by atoms with Crippen LogP contribution in [0.4, 0.5) is 22.0 Å². The Morgan fingerprint density at radius 1 is 0.960 bits per heavy atom. The molecule has 2 rings (SSSR count). The zero-order valence-corrected chi connectivity index (χ0v) is 13.0. The van der Waals surface area contributed by atoms with E-state index in [1.807, 2.05) is 0 Å². The smallest absolute Gasteiger partial charge is 0.274 e. The first kappa shape index (κ1) is 19.2. The maximum absolute atomic E-state index is 13.6. The van der Waals surface area contributed by atoms with Gasteiger partial charge in [0.15, 0.2) is 0 Å². The number of nitrogens with zero attached hydrogens (tertiary/aromatic N) is 1. The predicted molar refractivity (Wildman–Crippen MR) is 72.3 cm³/mol. The Morgan fingerprint density at radius 3 is 1.88 bits per heavy atom. The van der Waals surface area contributed by atoms with E-state index in [0.29, 0.717) is 4.90 Å². The van der Waals surface area contributed by atoms with Crippen molar-refractivity contribution in [1.82, 2.24) is 4.90 Å². The number of carbonyl (C=O) groups is 2. The summed E-state index contributed by atoms with van der Waals surface area (Å²) < 4.78 is 87.8. The molecule has 0 bridgehead atoms. The molecule has 1 aromatic rings. The van der Waals surface area contributed by atoms with E-state index in [-0.39, 0.29) is 11.1 Å². The average Bonchev–Trinajstić information content (AvgIpc) is 2.75. The van der Waals surface area contributed by atoms with E-state index in [9.17, 15) is 40.0 Å². The van der Waals surface area contributed by atoms with Gasteiger partial charge in [-0.3, -0.25) is 18.7 Å². The molecule has 0 spiro atoms. The summed E-state index contributed by atoms with van der Waals surface area (Å²) in [4.78, 5) is 24.4. The molecule has 138 valence electrons. The lowest BCUT2D eigenvalue weighted by Gasteiger charge is -2.20. The highest BCUT2D eigenvalue weighted by atomic mass is 32.2. The molecule has 0 unspecified atom stereocenters. The molecule has 0 aromatic heterocycles. The van der Waals surface area contributed by atoms with Gasteiger partial charge < -0.3 is 0 Å². The van der Waals surface area contributed by atoms with Gasteiger partial charge in [-0.2, -0.15) is 21.6 Å². The highest BCUT2D eigenvalue weighted by Gasteiger charge is 2.49. The van der Waals surface area contributed by atoms with Crippen molar-refractivity contribution in [2.45, 2.75) is 17.9 Å². The van der Waals surface area contributed by atoms with Gasteiger partial charge >= 0.3 is 15.6 Å². The van der Waals surface area contributed by atoms with Crippen molar-refractivity contribution in [2.24, 2.45) is 0 Å². The Labute approximate surface area is 138 Å². The zero-order chi connectivity index (χ0) is 19.0. The quantitative estimate of drug-likeness (QED) is 0.324. The molecule has 0 atom stereocenters. The van der Waals surface area contributed by atoms with Crippen LogP contribution in [0.3, 0.4) is 0 Å². The normalized spacial score (nSPS) is 15.6. The first-order valence-corrected chi connectivity index (χ1v) is 8.05. The first-order valence-electron chi connectivity index (χ1n) is 6.64. The minimum atomic E-state index is -6.16. The highest BCUT2D eigenvalue weighted by Crippen LogP contribution is 2.29. The average molecular weight is 387 g/mol. The van der Waals surface area contributed by atoms with Crippen molar-refractivity contribution in [3.63, 3.8) is 0 Å². The van der Waals surface area contributed by atoms with E-state index in [0.717, 1.165) is 0 Å². The molecule has 1 aromatic carbocycles. The van der Waals surface area contributed by atoms with Crippen LogP contribution in [0.15, 0.2) is 24.3 Å². The summed E-state index contributed by atoms with van der Waals surface area (Å²) in [6.45, 7) is -2.87. The van der Waals surface area contributed by atoms with Gasteiger partial charge in [0.1, 0.15) is 6.61 Å². The van der Waals surface area contributed by atoms with E-state index in [1.54, 1.807) is 0 Å². The summed E-state index contributed by atoms with van der Waals surface area (Å²) in [7, 11) is -6.16. The standard InChI is InChI=1S/C13H10F5NO5S/c14-12(15,7-24-25(22,23)13(16,17)18)5-6-19-10(20)8-3-1-2-4-9(8)11(19)21/h1-4H,5-7H2. The lowest BCUT2D eigenvalue weighted by molar-refractivity contribution is -0.0753. The molecular weight excluding hydrogens is 377 g/mol. The minimum Gasteiger partial charge on any atom is -0.274 e. The van der Waals surface area contributed by atoms with Crippen LogP contribution < -0.4 is 0 Å². The van der Waals surface area contributed by atoms with Crippen LogP contribution in [-0.4, -0.2) is 49.7 Å². The van der Waals surface area contributed by atoms with E-state index < -0.39 is 52.9 Å². The van der Waals surface area contributed by atoms with E-state index in [2.05, 4.69) is 4.18 Å². The first-order chi connectivity index (χ1) is 11.4. The summed E-state index contributed by atoms with van der Waals surface area (Å²) in [5.74, 6) is -5.64. The SMILES string of the molecule is O=C1c2ccccc2C(=O)N1CCC(F)(F)COS(=O)(=O)C(F)(F)F. The molecule has 0 radical (unpaired) electrons. The number of imide groups is 1. The Balaban J connectivity index is 1.99. The number of alkyl halides is 5. The lowest BCUT2D eigenvalue weighted by Crippen LogP contribution is -2.37. The van der Waals surface area contributed by atoms with Crippen molar-refractivity contribution in [3.05, 3.63) is 35.4 Å². The Hall–Kier alpha value is -2.08. The highest BCUT2D eigenvalue weighted by molar-refractivity contribution is 7.87. The van der Waals surface area contributed by atoms with Gasteiger partial charge in [0, 0.05) is 13.0 Å². The van der Waals surface area contributed by atoms with Crippen LogP contribution >= 0.6 is 0 Å². The molecule has 6 nitrogen and oxygen atoms in total. The van der Waals surface area contributed by atoms with Gasteiger partial charge in [0.2, 0.25) is 0 Å². The molecule has 0 N–H and O–H groups in total. The predicted octanol–water partition coefficient (Wildman–Crippen LogP) is 2.17. The van der Waals surface area contributed by atoms with Gasteiger partial charge in [-0.25, -0.2) is 8.78 Å². The topological polar surface area (TPSA) is 80.8 Å². The Kier molecular flexibility index (Phi) is 4.88. The molecule has 0 saturated heterocycles. The number of halogens is 5. The molecule has 2 amide bonds. The fourth-order valence-corrected chi connectivity index (χ4v) is 2.48. The second kappa shape index (κ2) is 6.33. The van der Waals surface area contributed by atoms with Crippen LogP contribution in [-0.2, 0) is 14.3 Å². The van der Waals surface area contributed by atoms with Crippen LogP contribution in [0.5, 0.6) is 0 Å². The third-order valence-electron chi connectivity index (χ3n) is 3.29. The summed E-state index contributed by atoms with van der Waals surface area (Å²) >= 11 is 0. The number of amides is 2. The van der Waals surface area contributed by atoms with Crippen LogP contribution in [0.2, 0.25) is 0 Å². The summed E-state index contributed by atoms with van der Waals surface area (Å²) in [5, 5.41) is 0. The van der Waals surface area contributed by atoms with E-state index >= 15 is 0 Å². The second-order valence-corrected chi connectivity index (χ2v) is 6.68. The maximum Gasteiger partial charge on any atom is 0.523 e.